The van der Waals surface area contributed by atoms with Gasteiger partial charge < -0.3 is 20.3 Å². The Bertz CT molecular complexity index is 793. The summed E-state index contributed by atoms with van der Waals surface area (Å²) in [5.41, 5.74) is 4.01. The molecule has 1 aromatic carbocycles. The van der Waals surface area contributed by atoms with E-state index in [1.54, 1.807) is 0 Å². The summed E-state index contributed by atoms with van der Waals surface area (Å²) in [6.07, 6.45) is 7.10. The number of carbonyl (C=O) groups excluding carboxylic acids is 2. The number of nitrogens with zero attached hydrogens (tertiary/aromatic N) is 1. The molecule has 1 rings (SSSR count). The van der Waals surface area contributed by atoms with Crippen molar-refractivity contribution in [3.63, 3.8) is 0 Å². The van der Waals surface area contributed by atoms with Crippen molar-refractivity contribution in [3.8, 4) is 0 Å². The summed E-state index contributed by atoms with van der Waals surface area (Å²) >= 11 is 1.88. The van der Waals surface area contributed by atoms with E-state index in [0.29, 0.717) is 25.4 Å². The van der Waals surface area contributed by atoms with Crippen LogP contribution in [0.25, 0.3) is 0 Å². The Hall–Kier alpha value is -2.28. The molecule has 3 N–H and O–H groups in total. The van der Waals surface area contributed by atoms with Crippen molar-refractivity contribution in [2.24, 2.45) is 17.8 Å². The second kappa shape index (κ2) is 20.7. The first-order chi connectivity index (χ1) is 17.6. The number of carbonyl (C=O) groups is 2. The van der Waals surface area contributed by atoms with Gasteiger partial charge in [-0.3, -0.25) is 9.59 Å². The predicted molar refractivity (Wildman–Crippen MR) is 163 cm³/mol. The summed E-state index contributed by atoms with van der Waals surface area (Å²) in [6, 6.07) is 8.94. The zero-order valence-electron chi connectivity index (χ0n) is 24.4. The Morgan fingerprint density at radius 3 is 2.24 bits per heavy atom. The molecule has 0 aromatic heterocycles. The van der Waals surface area contributed by atoms with Gasteiger partial charge in [0.05, 0.1) is 0 Å². The van der Waals surface area contributed by atoms with E-state index in [1.807, 2.05) is 25.8 Å². The summed E-state index contributed by atoms with van der Waals surface area (Å²) in [4.78, 5) is 23.6. The van der Waals surface area contributed by atoms with E-state index in [0.717, 1.165) is 30.9 Å². The topological polar surface area (TPSA) is 85.3 Å². The van der Waals surface area contributed by atoms with Crippen LogP contribution in [0, 0.1) is 23.2 Å². The molecular weight excluding hydrogens is 480 g/mol. The number of amides is 1. The second-order valence-corrected chi connectivity index (χ2v) is 11.3. The maximum absolute atomic E-state index is 11.9. The largest absolute Gasteiger partial charge is 0.389 e. The molecule has 210 valence electrons. The van der Waals surface area contributed by atoms with Crippen LogP contribution in [0.15, 0.2) is 36.0 Å². The second-order valence-electron chi connectivity index (χ2n) is 10.1. The summed E-state index contributed by atoms with van der Waals surface area (Å²) in [5, 5.41) is 11.8. The number of nitrogens with one attached hydrogen (secondary N) is 3. The number of benzene rings is 1. The lowest BCUT2D eigenvalue weighted by Gasteiger charge is -2.19. The molecule has 0 bridgehead atoms. The Morgan fingerprint density at radius 1 is 1.03 bits per heavy atom. The standard InChI is InChI=1S/C29H49N3O2S.CH3N/c1-8-24(6)26(21-30-18-19-31-29(34)16-15-28(33)23(4)5)12-9-25-10-13-27(14-11-25)32(7)35-20-17-22(2)3;1-2/h10-11,13-14,21-24,30H,8-9,12,15-20H2,1-7H3,(H,31,34);2H,1H2/b26-21-;. The van der Waals surface area contributed by atoms with Gasteiger partial charge in [0.15, 0.2) is 0 Å². The van der Waals surface area contributed by atoms with Crippen molar-refractivity contribution in [3.05, 3.63) is 41.6 Å². The van der Waals surface area contributed by atoms with Crippen LogP contribution in [-0.4, -0.2) is 44.3 Å². The minimum Gasteiger partial charge on any atom is -0.389 e. The summed E-state index contributed by atoms with van der Waals surface area (Å²) in [5.74, 6) is 2.48. The molecule has 0 aliphatic heterocycles. The number of rotatable bonds is 18. The maximum Gasteiger partial charge on any atom is 0.220 e. The third kappa shape index (κ3) is 16.2. The SMILES string of the molecule is C=N.CCC(C)/C(=C\NCCNC(=O)CCC(=O)C(C)C)CCc1ccc(N(C)SCCC(C)C)cc1. The molecule has 0 aliphatic carbocycles. The Kier molecular flexibility index (Phi) is 19.5. The van der Waals surface area contributed by atoms with E-state index in [1.165, 1.54) is 23.2 Å². The van der Waals surface area contributed by atoms with Crippen LogP contribution in [0.1, 0.15) is 79.2 Å². The number of aryl methyl sites for hydroxylation is 1. The van der Waals surface area contributed by atoms with Crippen molar-refractivity contribution >= 4 is 36.0 Å². The predicted octanol–water partition coefficient (Wildman–Crippen LogP) is 6.66. The highest BCUT2D eigenvalue weighted by Gasteiger charge is 2.10. The maximum atomic E-state index is 11.9. The van der Waals surface area contributed by atoms with Gasteiger partial charge in [0.1, 0.15) is 5.78 Å². The summed E-state index contributed by atoms with van der Waals surface area (Å²) in [7, 11) is 2.14. The first kappa shape index (κ1) is 34.7. The monoisotopic (exact) mass is 532 g/mol. The van der Waals surface area contributed by atoms with Crippen molar-refractivity contribution in [2.75, 3.05) is 30.2 Å². The third-order valence-corrected chi connectivity index (χ3v) is 7.37. The van der Waals surface area contributed by atoms with E-state index in [2.05, 4.69) is 86.9 Å². The highest BCUT2D eigenvalue weighted by molar-refractivity contribution is 8.00. The van der Waals surface area contributed by atoms with Gasteiger partial charge in [0.2, 0.25) is 5.91 Å². The van der Waals surface area contributed by atoms with E-state index in [4.69, 9.17) is 5.41 Å². The lowest BCUT2D eigenvalue weighted by Crippen LogP contribution is -2.30. The minimum absolute atomic E-state index is 0.00795. The van der Waals surface area contributed by atoms with Gasteiger partial charge >= 0.3 is 0 Å². The first-order valence-corrected chi connectivity index (χ1v) is 14.6. The molecule has 0 spiro atoms. The highest BCUT2D eigenvalue weighted by atomic mass is 32.2. The average Bonchev–Trinajstić information content (AvgIpc) is 2.89. The number of hydrogen-bond acceptors (Lipinski definition) is 6. The molecular formula is C30H52N4O2S. The zero-order chi connectivity index (χ0) is 28.2. The fraction of sp³-hybridized carbons (Fsp3) is 0.633. The van der Waals surface area contributed by atoms with Crippen molar-refractivity contribution in [1.29, 1.82) is 5.41 Å². The molecule has 1 aromatic rings. The van der Waals surface area contributed by atoms with Gasteiger partial charge in [0.25, 0.3) is 0 Å². The molecule has 7 heteroatoms. The Morgan fingerprint density at radius 2 is 1.68 bits per heavy atom. The molecule has 1 atom stereocenters. The lowest BCUT2D eigenvalue weighted by molar-refractivity contribution is -0.126. The molecule has 0 saturated heterocycles. The Balaban J connectivity index is 0.00000631. The molecule has 0 radical (unpaired) electrons. The summed E-state index contributed by atoms with van der Waals surface area (Å²) < 4.78 is 2.27. The fourth-order valence-corrected chi connectivity index (χ4v) is 4.60. The number of anilines is 1. The number of ketones is 1. The van der Waals surface area contributed by atoms with Crippen LogP contribution in [0.3, 0.4) is 0 Å². The average molecular weight is 533 g/mol. The number of allylic oxidation sites excluding steroid dienone is 1. The van der Waals surface area contributed by atoms with Crippen LogP contribution in [0.4, 0.5) is 5.69 Å². The molecule has 0 fully saturated rings. The van der Waals surface area contributed by atoms with E-state index in [9.17, 15) is 9.59 Å². The van der Waals surface area contributed by atoms with E-state index in [-0.39, 0.29) is 24.0 Å². The molecule has 0 aliphatic rings. The molecule has 0 saturated carbocycles. The van der Waals surface area contributed by atoms with Gasteiger partial charge in [-0.25, -0.2) is 0 Å². The smallest absolute Gasteiger partial charge is 0.220 e. The van der Waals surface area contributed by atoms with Crippen molar-refractivity contribution in [1.82, 2.24) is 10.6 Å². The molecule has 1 amide bonds. The number of hydrogen-bond donors (Lipinski definition) is 3. The quantitative estimate of drug-likeness (QED) is 0.112. The van der Waals surface area contributed by atoms with E-state index < -0.39 is 0 Å². The zero-order valence-corrected chi connectivity index (χ0v) is 25.2. The normalized spacial score (nSPS) is 12.1. The highest BCUT2D eigenvalue weighted by Crippen LogP contribution is 2.24. The lowest BCUT2D eigenvalue weighted by atomic mass is 9.93. The number of Topliss-reactive ketones (excluding diaryl/α,β-unsaturated/α-hetero) is 1. The van der Waals surface area contributed by atoms with Crippen molar-refractivity contribution < 1.29 is 9.59 Å². The van der Waals surface area contributed by atoms with Gasteiger partial charge in [-0.05, 0) is 68.1 Å². The molecule has 6 nitrogen and oxygen atoms in total. The summed E-state index contributed by atoms with van der Waals surface area (Å²) in [6.45, 7) is 16.5. The molecule has 37 heavy (non-hydrogen) atoms. The van der Waals surface area contributed by atoms with Crippen LogP contribution >= 0.6 is 11.9 Å². The third-order valence-electron chi connectivity index (χ3n) is 6.35. The van der Waals surface area contributed by atoms with Crippen molar-refractivity contribution in [2.45, 2.75) is 80.1 Å². The van der Waals surface area contributed by atoms with Gasteiger partial charge in [-0.2, -0.15) is 0 Å². The minimum atomic E-state index is -0.0562. The van der Waals surface area contributed by atoms with Gasteiger partial charge in [-0.15, -0.1) is 0 Å². The fourth-order valence-electron chi connectivity index (χ4n) is 3.48. The van der Waals surface area contributed by atoms with E-state index >= 15 is 0 Å². The van der Waals surface area contributed by atoms with Crippen LogP contribution in [0.5, 0.6) is 0 Å². The van der Waals surface area contributed by atoms with Crippen LogP contribution < -0.4 is 14.9 Å². The molecule has 0 heterocycles. The Labute approximate surface area is 231 Å². The van der Waals surface area contributed by atoms with Gasteiger partial charge in [-0.1, -0.05) is 71.2 Å². The first-order valence-electron chi connectivity index (χ1n) is 13.7. The van der Waals surface area contributed by atoms with Crippen LogP contribution in [0.2, 0.25) is 0 Å². The van der Waals surface area contributed by atoms with Gasteiger partial charge in [0, 0.05) is 50.3 Å². The molecule has 1 unspecified atom stereocenters. The van der Waals surface area contributed by atoms with Crippen LogP contribution in [-0.2, 0) is 16.0 Å².